The van der Waals surface area contributed by atoms with Crippen LogP contribution < -0.4 is 14.2 Å². The minimum atomic E-state index is -0.524. The summed E-state index contributed by atoms with van der Waals surface area (Å²) in [6.07, 6.45) is 0. The van der Waals surface area contributed by atoms with E-state index in [4.69, 9.17) is 23.7 Å². The molecule has 0 fully saturated rings. The topological polar surface area (TPSA) is 80.3 Å². The maximum absolute atomic E-state index is 15.3. The van der Waals surface area contributed by atoms with Gasteiger partial charge in [0.15, 0.2) is 11.5 Å². The zero-order valence-corrected chi connectivity index (χ0v) is 24.2. The largest absolute Gasteiger partial charge is 0.487 e. The van der Waals surface area contributed by atoms with Gasteiger partial charge in [-0.1, -0.05) is 55.6 Å². The molecule has 0 unspecified atom stereocenters. The average Bonchev–Trinajstić information content (AvgIpc) is 2.95. The van der Waals surface area contributed by atoms with Crippen LogP contribution in [0, 0.1) is 5.82 Å². The number of halogens is 1. The molecule has 0 aliphatic rings. The van der Waals surface area contributed by atoms with Crippen molar-refractivity contribution in [3.63, 3.8) is 0 Å². The van der Waals surface area contributed by atoms with Gasteiger partial charge in [-0.25, -0.2) is 14.0 Å². The molecule has 3 rings (SSSR count). The lowest BCUT2D eigenvalue weighted by molar-refractivity contribution is -0.139. The minimum absolute atomic E-state index is 0.0403. The summed E-state index contributed by atoms with van der Waals surface area (Å²) in [5.41, 5.74) is 3.86. The highest BCUT2D eigenvalue weighted by Gasteiger charge is 2.13. The van der Waals surface area contributed by atoms with Crippen LogP contribution in [0.15, 0.2) is 97.1 Å². The van der Waals surface area contributed by atoms with Crippen LogP contribution in [0.1, 0.15) is 20.8 Å². The van der Waals surface area contributed by atoms with Crippen molar-refractivity contribution in [1.82, 2.24) is 0 Å². The number of esters is 2. The summed E-state index contributed by atoms with van der Waals surface area (Å²) in [6.45, 7) is 17.1. The Balaban J connectivity index is 1.76. The van der Waals surface area contributed by atoms with Crippen molar-refractivity contribution in [2.45, 2.75) is 20.8 Å². The third kappa shape index (κ3) is 9.45. The lowest BCUT2D eigenvalue weighted by Gasteiger charge is -2.15. The van der Waals surface area contributed by atoms with E-state index in [9.17, 15) is 9.59 Å². The van der Waals surface area contributed by atoms with Crippen molar-refractivity contribution in [2.75, 3.05) is 33.0 Å². The number of carbonyl (C=O) groups excluding carboxylic acids is 2. The van der Waals surface area contributed by atoms with E-state index in [-0.39, 0.29) is 25.4 Å². The first-order valence-corrected chi connectivity index (χ1v) is 13.3. The summed E-state index contributed by atoms with van der Waals surface area (Å²) >= 11 is 0. The zero-order chi connectivity index (χ0) is 30.6. The van der Waals surface area contributed by atoms with Gasteiger partial charge in [-0.05, 0) is 67.8 Å². The van der Waals surface area contributed by atoms with E-state index in [0.29, 0.717) is 58.3 Å². The predicted octanol–water partition coefficient (Wildman–Crippen LogP) is 7.11. The van der Waals surface area contributed by atoms with Crippen LogP contribution in [0.3, 0.4) is 0 Å². The maximum Gasteiger partial charge on any atom is 0.338 e. The number of carbonyl (C=O) groups is 2. The van der Waals surface area contributed by atoms with E-state index in [1.165, 1.54) is 6.07 Å². The molecule has 0 N–H and O–H groups in total. The van der Waals surface area contributed by atoms with Crippen molar-refractivity contribution in [3.8, 4) is 39.5 Å². The first-order valence-electron chi connectivity index (χ1n) is 13.3. The molecule has 7 nitrogen and oxygen atoms in total. The summed E-state index contributed by atoms with van der Waals surface area (Å²) in [6, 6.07) is 16.8. The number of rotatable bonds is 15. The molecule has 8 heteroatoms. The number of benzene rings is 3. The average molecular weight is 575 g/mol. The fourth-order valence-electron chi connectivity index (χ4n) is 3.61. The monoisotopic (exact) mass is 574 g/mol. The second kappa shape index (κ2) is 15.3. The molecule has 0 bridgehead atoms. The molecule has 0 aliphatic heterocycles. The predicted molar refractivity (Wildman–Crippen MR) is 160 cm³/mol. The molecule has 0 spiro atoms. The Morgan fingerprint density at radius 1 is 0.690 bits per heavy atom. The van der Waals surface area contributed by atoms with E-state index < -0.39 is 17.8 Å². The van der Waals surface area contributed by atoms with Gasteiger partial charge < -0.3 is 23.7 Å². The van der Waals surface area contributed by atoms with Crippen LogP contribution >= 0.6 is 0 Å². The normalized spacial score (nSPS) is 10.5. The zero-order valence-electron chi connectivity index (χ0n) is 24.2. The van der Waals surface area contributed by atoms with Gasteiger partial charge in [-0.2, -0.15) is 0 Å². The molecule has 3 aromatic rings. The molecule has 0 aromatic heterocycles. The van der Waals surface area contributed by atoms with Crippen LogP contribution in [-0.4, -0.2) is 45.0 Å². The molecule has 0 amide bonds. The highest BCUT2D eigenvalue weighted by molar-refractivity contribution is 5.89. The summed E-state index contributed by atoms with van der Waals surface area (Å²) in [5.74, 6) is -0.222. The van der Waals surface area contributed by atoms with E-state index in [1.807, 2.05) is 6.92 Å². The molecule has 0 saturated heterocycles. The van der Waals surface area contributed by atoms with Gasteiger partial charge in [0.2, 0.25) is 0 Å². The van der Waals surface area contributed by atoms with Crippen molar-refractivity contribution < 1.29 is 37.7 Å². The molecule has 0 atom stereocenters. The summed E-state index contributed by atoms with van der Waals surface area (Å²) in [7, 11) is 0. The Bertz CT molecular complexity index is 1460. The van der Waals surface area contributed by atoms with Gasteiger partial charge in [0.25, 0.3) is 0 Å². The van der Waals surface area contributed by atoms with Crippen molar-refractivity contribution in [3.05, 3.63) is 103 Å². The van der Waals surface area contributed by atoms with Gasteiger partial charge in [0.05, 0.1) is 13.2 Å². The van der Waals surface area contributed by atoms with Gasteiger partial charge >= 0.3 is 11.9 Å². The summed E-state index contributed by atoms with van der Waals surface area (Å²) < 4.78 is 42.8. The Kier molecular flexibility index (Phi) is 11.6. The first kappa shape index (κ1) is 31.8. The van der Waals surface area contributed by atoms with Crippen LogP contribution in [-0.2, 0) is 19.1 Å². The second-order valence-corrected chi connectivity index (χ2v) is 9.67. The molecule has 3 aromatic carbocycles. The van der Waals surface area contributed by atoms with Crippen LogP contribution in [0.25, 0.3) is 22.3 Å². The minimum Gasteiger partial charge on any atom is -0.487 e. The van der Waals surface area contributed by atoms with E-state index in [1.54, 1.807) is 68.4 Å². The Morgan fingerprint density at radius 2 is 1.29 bits per heavy atom. The van der Waals surface area contributed by atoms with Gasteiger partial charge in [-0.15, -0.1) is 0 Å². The molecule has 0 aliphatic carbocycles. The molecular weight excluding hydrogens is 539 g/mol. The highest BCUT2D eigenvalue weighted by atomic mass is 19.1. The lowest BCUT2D eigenvalue weighted by Crippen LogP contribution is -2.13. The third-order valence-electron chi connectivity index (χ3n) is 5.73. The van der Waals surface area contributed by atoms with Gasteiger partial charge in [0.1, 0.15) is 31.4 Å². The highest BCUT2D eigenvalue weighted by Crippen LogP contribution is 2.35. The van der Waals surface area contributed by atoms with Crippen LogP contribution in [0.4, 0.5) is 4.39 Å². The fourth-order valence-corrected chi connectivity index (χ4v) is 3.61. The lowest BCUT2D eigenvalue weighted by atomic mass is 9.99. The van der Waals surface area contributed by atoms with Crippen molar-refractivity contribution >= 4 is 11.9 Å². The molecule has 220 valence electrons. The number of hydrogen-bond acceptors (Lipinski definition) is 7. The number of hydrogen-bond donors (Lipinski definition) is 0. The molecule has 0 saturated carbocycles. The quantitative estimate of drug-likeness (QED) is 0.0629. The van der Waals surface area contributed by atoms with Crippen LogP contribution in [0.5, 0.6) is 17.2 Å². The Morgan fingerprint density at radius 3 is 1.93 bits per heavy atom. The third-order valence-corrected chi connectivity index (χ3v) is 5.73. The summed E-state index contributed by atoms with van der Waals surface area (Å²) in [4.78, 5) is 23.4. The van der Waals surface area contributed by atoms with E-state index in [2.05, 4.69) is 19.7 Å². The Hall–Kier alpha value is -4.69. The second-order valence-electron chi connectivity index (χ2n) is 9.67. The first-order chi connectivity index (χ1) is 20.0. The van der Waals surface area contributed by atoms with E-state index in [0.717, 1.165) is 5.57 Å². The van der Waals surface area contributed by atoms with Gasteiger partial charge in [0, 0.05) is 16.7 Å². The van der Waals surface area contributed by atoms with Crippen molar-refractivity contribution in [2.24, 2.45) is 0 Å². The fraction of sp³-hybridized carbons (Fsp3) is 0.235. The molecule has 0 heterocycles. The van der Waals surface area contributed by atoms with E-state index >= 15 is 4.39 Å². The molecule has 0 radical (unpaired) electrons. The Labute approximate surface area is 245 Å². The maximum atomic E-state index is 15.3. The van der Waals surface area contributed by atoms with Gasteiger partial charge in [-0.3, -0.25) is 0 Å². The van der Waals surface area contributed by atoms with Crippen molar-refractivity contribution in [1.29, 1.82) is 0 Å². The van der Waals surface area contributed by atoms with Crippen LogP contribution in [0.2, 0.25) is 0 Å². The summed E-state index contributed by atoms with van der Waals surface area (Å²) in [5, 5.41) is 0. The molecular formula is C34H35FO7. The standard InChI is InChI=1S/C34H35FO7/c1-22(2)21-38-15-16-40-32-20-27(10-14-31(32)39-17-18-41-33(36)23(3)4)26-9-13-29(30(35)19-26)25-7-11-28(12-8-25)42-34(37)24(5)6/h7-14,19-20H,1,3,5,15-18,21H2,2,4,6H3. The smallest absolute Gasteiger partial charge is 0.338 e. The number of ether oxygens (including phenoxy) is 5. The molecule has 42 heavy (non-hydrogen) atoms. The SMILES string of the molecule is C=C(C)COCCOc1cc(-c2ccc(-c3ccc(OC(=O)C(=C)C)cc3)c(F)c2)ccc1OCCOC(=O)C(=C)C.